The fraction of sp³-hybridized carbons (Fsp3) is 0.800. The zero-order chi connectivity index (χ0) is 6.41. The molecule has 48 valence electrons. The van der Waals surface area contributed by atoms with Crippen LogP contribution in [0.3, 0.4) is 0 Å². The molecule has 8 heavy (non-hydrogen) atoms. The number of carbonyl (C=O) groups excluding carboxylic acids is 1. The van der Waals surface area contributed by atoms with Crippen molar-refractivity contribution in [2.75, 3.05) is 12.0 Å². The Labute approximate surface area is 59.6 Å². The topological polar surface area (TPSA) is 17.1 Å². The van der Waals surface area contributed by atoms with E-state index >= 15 is 0 Å². The predicted molar refractivity (Wildman–Crippen MR) is 41.8 cm³/mol. The van der Waals surface area contributed by atoms with E-state index in [4.69, 9.17) is 0 Å². The number of thioether (sulfide) groups is 1. The maximum Gasteiger partial charge on any atom is 0.121 e. The predicted octanol–water partition coefficient (Wildman–Crippen LogP) is 1.24. The molecule has 0 aromatic rings. The van der Waals surface area contributed by atoms with Crippen molar-refractivity contribution < 1.29 is 4.79 Å². The summed E-state index contributed by atoms with van der Waals surface area (Å²) in [7, 11) is 0. The van der Waals surface area contributed by atoms with Gasteiger partial charge in [0.05, 0.1) is 0 Å². The molecular weight excluding hydrogens is 140 g/mol. The van der Waals surface area contributed by atoms with Crippen molar-refractivity contribution in [2.24, 2.45) is 0 Å². The van der Waals surface area contributed by atoms with Crippen LogP contribution in [0.5, 0.6) is 0 Å². The molecule has 0 aromatic carbocycles. The lowest BCUT2D eigenvalue weighted by atomic mass is 10.4. The molecule has 0 saturated carbocycles. The molecule has 3 heteroatoms. The van der Waals surface area contributed by atoms with Crippen molar-refractivity contribution >= 4 is 30.7 Å². The van der Waals surface area contributed by atoms with Crippen LogP contribution >= 0.6 is 24.4 Å². The first-order valence-electron chi connectivity index (χ1n) is 2.42. The van der Waals surface area contributed by atoms with E-state index in [0.29, 0.717) is 11.7 Å². The second-order valence-corrected chi connectivity index (χ2v) is 2.95. The molecule has 1 nitrogen and oxygen atoms in total. The molecule has 0 aliphatic heterocycles. The van der Waals surface area contributed by atoms with Gasteiger partial charge in [-0.2, -0.15) is 24.4 Å². The monoisotopic (exact) mass is 150 g/mol. The maximum absolute atomic E-state index is 9.89. The molecular formula is C5H10OS2. The Bertz CT molecular complexity index is 61.4. The molecule has 0 spiro atoms. The summed E-state index contributed by atoms with van der Waals surface area (Å²) in [5, 5.41) is 0.413. The molecule has 0 fully saturated rings. The number of rotatable bonds is 4. The van der Waals surface area contributed by atoms with Crippen LogP contribution in [0, 0.1) is 0 Å². The first-order chi connectivity index (χ1) is 3.85. The zero-order valence-corrected chi connectivity index (χ0v) is 6.54. The molecule has 0 aliphatic carbocycles. The van der Waals surface area contributed by atoms with E-state index in [9.17, 15) is 4.79 Å². The van der Waals surface area contributed by atoms with E-state index in [0.717, 1.165) is 12.0 Å². The molecule has 0 heterocycles. The number of aldehydes is 1. The molecule has 0 aliphatic rings. The standard InChI is InChI=1S/C5H10OS2/c1-8-5(4-7)2-3-6/h3,5,7H,2,4H2,1H3. The van der Waals surface area contributed by atoms with Gasteiger partial charge < -0.3 is 4.79 Å². The van der Waals surface area contributed by atoms with Gasteiger partial charge in [0.1, 0.15) is 6.29 Å². The third kappa shape index (κ3) is 3.38. The van der Waals surface area contributed by atoms with Crippen LogP contribution in [0.4, 0.5) is 0 Å². The zero-order valence-electron chi connectivity index (χ0n) is 4.83. The minimum Gasteiger partial charge on any atom is -0.303 e. The lowest BCUT2D eigenvalue weighted by Gasteiger charge is -2.03. The Morgan fingerprint density at radius 2 is 2.50 bits per heavy atom. The summed E-state index contributed by atoms with van der Waals surface area (Å²) in [5.74, 6) is 0.792. The van der Waals surface area contributed by atoms with Crippen LogP contribution in [-0.2, 0) is 4.79 Å². The molecule has 0 bridgehead atoms. The van der Waals surface area contributed by atoms with E-state index in [1.165, 1.54) is 0 Å². The lowest BCUT2D eigenvalue weighted by Crippen LogP contribution is -2.03. The van der Waals surface area contributed by atoms with E-state index in [1.54, 1.807) is 11.8 Å². The van der Waals surface area contributed by atoms with Gasteiger partial charge in [0.15, 0.2) is 0 Å². The minimum absolute atomic E-state index is 0.413. The van der Waals surface area contributed by atoms with Gasteiger partial charge in [0.25, 0.3) is 0 Å². The minimum atomic E-state index is 0.413. The Morgan fingerprint density at radius 1 is 1.88 bits per heavy atom. The third-order valence-electron chi connectivity index (χ3n) is 0.896. The first kappa shape index (κ1) is 8.37. The van der Waals surface area contributed by atoms with Crippen molar-refractivity contribution in [3.63, 3.8) is 0 Å². The number of carbonyl (C=O) groups is 1. The van der Waals surface area contributed by atoms with E-state index in [-0.39, 0.29) is 0 Å². The van der Waals surface area contributed by atoms with E-state index in [1.807, 2.05) is 6.26 Å². The highest BCUT2D eigenvalue weighted by molar-refractivity contribution is 8.00. The maximum atomic E-state index is 9.89. The van der Waals surface area contributed by atoms with Crippen molar-refractivity contribution in [3.8, 4) is 0 Å². The van der Waals surface area contributed by atoms with Crippen LogP contribution in [-0.4, -0.2) is 23.5 Å². The lowest BCUT2D eigenvalue weighted by molar-refractivity contribution is -0.107. The van der Waals surface area contributed by atoms with Crippen LogP contribution in [0.15, 0.2) is 0 Å². The number of hydrogen-bond acceptors (Lipinski definition) is 3. The quantitative estimate of drug-likeness (QED) is 0.479. The van der Waals surface area contributed by atoms with Gasteiger partial charge in [-0.3, -0.25) is 0 Å². The molecule has 0 N–H and O–H groups in total. The van der Waals surface area contributed by atoms with Gasteiger partial charge in [0.2, 0.25) is 0 Å². The molecule has 0 aromatic heterocycles. The SMILES string of the molecule is CSC(CS)CC=O. The van der Waals surface area contributed by atoms with Crippen LogP contribution in [0.1, 0.15) is 6.42 Å². The second kappa shape index (κ2) is 5.51. The van der Waals surface area contributed by atoms with Gasteiger partial charge >= 0.3 is 0 Å². The fourth-order valence-corrected chi connectivity index (χ4v) is 1.37. The van der Waals surface area contributed by atoms with Gasteiger partial charge in [-0.05, 0) is 6.26 Å². The Hall–Kier alpha value is 0.370. The molecule has 0 rings (SSSR count). The van der Waals surface area contributed by atoms with Gasteiger partial charge in [-0.15, -0.1) is 0 Å². The average molecular weight is 150 g/mol. The summed E-state index contributed by atoms with van der Waals surface area (Å²) in [6.07, 6.45) is 3.56. The van der Waals surface area contributed by atoms with Gasteiger partial charge in [-0.1, -0.05) is 0 Å². The average Bonchev–Trinajstić information content (AvgIpc) is 1.83. The van der Waals surface area contributed by atoms with Crippen LogP contribution < -0.4 is 0 Å². The van der Waals surface area contributed by atoms with Crippen molar-refractivity contribution in [3.05, 3.63) is 0 Å². The fourth-order valence-electron chi connectivity index (χ4n) is 0.353. The van der Waals surface area contributed by atoms with Crippen molar-refractivity contribution in [1.29, 1.82) is 0 Å². The Morgan fingerprint density at radius 3 is 2.62 bits per heavy atom. The van der Waals surface area contributed by atoms with E-state index in [2.05, 4.69) is 12.6 Å². The Kier molecular flexibility index (Phi) is 5.76. The normalized spacial score (nSPS) is 13.2. The van der Waals surface area contributed by atoms with Crippen LogP contribution in [0.25, 0.3) is 0 Å². The van der Waals surface area contributed by atoms with Gasteiger partial charge in [-0.25, -0.2) is 0 Å². The second-order valence-electron chi connectivity index (χ2n) is 1.44. The third-order valence-corrected chi connectivity index (χ3v) is 2.61. The van der Waals surface area contributed by atoms with Crippen molar-refractivity contribution in [2.45, 2.75) is 11.7 Å². The summed E-state index contributed by atoms with van der Waals surface area (Å²) in [4.78, 5) is 9.89. The summed E-state index contributed by atoms with van der Waals surface area (Å²) in [6, 6.07) is 0. The van der Waals surface area contributed by atoms with Crippen molar-refractivity contribution in [1.82, 2.24) is 0 Å². The highest BCUT2D eigenvalue weighted by atomic mass is 32.2. The highest BCUT2D eigenvalue weighted by Gasteiger charge is 2.00. The highest BCUT2D eigenvalue weighted by Crippen LogP contribution is 2.09. The summed E-state index contributed by atoms with van der Waals surface area (Å²) in [5.41, 5.74) is 0. The molecule has 0 amide bonds. The Balaban J connectivity index is 3.20. The first-order valence-corrected chi connectivity index (χ1v) is 4.34. The molecule has 1 unspecified atom stereocenters. The largest absolute Gasteiger partial charge is 0.303 e. The van der Waals surface area contributed by atoms with Gasteiger partial charge in [0, 0.05) is 17.4 Å². The molecule has 0 saturated heterocycles. The smallest absolute Gasteiger partial charge is 0.121 e. The number of hydrogen-bond donors (Lipinski definition) is 1. The molecule has 1 atom stereocenters. The molecule has 0 radical (unpaired) electrons. The summed E-state index contributed by atoms with van der Waals surface area (Å²) < 4.78 is 0. The van der Waals surface area contributed by atoms with E-state index < -0.39 is 0 Å². The summed E-state index contributed by atoms with van der Waals surface area (Å²) in [6.45, 7) is 0. The van der Waals surface area contributed by atoms with Crippen LogP contribution in [0.2, 0.25) is 0 Å². The summed E-state index contributed by atoms with van der Waals surface area (Å²) >= 11 is 5.74. The number of thiol groups is 1.